The number of carbonyl (C=O) groups is 2. The molecule has 0 spiro atoms. The van der Waals surface area contributed by atoms with Crippen LogP contribution in [0, 0.1) is 0 Å². The maximum absolute atomic E-state index is 13.0. The molecular weight excluding hydrogens is 497 g/mol. The van der Waals surface area contributed by atoms with E-state index in [4.69, 9.17) is 28.9 Å². The number of nitrogen functional groups attached to an aromatic ring is 1. The number of nitrogens with two attached hydrogens (primary N) is 1. The molecule has 178 valence electrons. The van der Waals surface area contributed by atoms with Crippen molar-refractivity contribution in [1.82, 2.24) is 36.2 Å². The SMILES string of the molecule is C=C(NNC(=O)c1nnn(-c2nonc2N)c1-c1ccc(Cl)c(Cl)c1)c1ccc(NC(C)=O)cc1. The Labute approximate surface area is 208 Å². The average molecular weight is 514 g/mol. The topological polar surface area (TPSA) is 166 Å². The van der Waals surface area contributed by atoms with Crippen molar-refractivity contribution in [3.63, 3.8) is 0 Å². The van der Waals surface area contributed by atoms with Gasteiger partial charge in [-0.1, -0.05) is 53.2 Å². The predicted octanol–water partition coefficient (Wildman–Crippen LogP) is 3.07. The van der Waals surface area contributed by atoms with Crippen LogP contribution in [0.4, 0.5) is 11.5 Å². The average Bonchev–Trinajstić information content (AvgIpc) is 3.45. The fourth-order valence-electron chi connectivity index (χ4n) is 3.04. The molecule has 12 nitrogen and oxygen atoms in total. The van der Waals surface area contributed by atoms with Crippen LogP contribution in [0.25, 0.3) is 22.8 Å². The Morgan fingerprint density at radius 1 is 1.06 bits per heavy atom. The van der Waals surface area contributed by atoms with Gasteiger partial charge < -0.3 is 11.1 Å². The number of halogens is 2. The second-order valence-electron chi connectivity index (χ2n) is 7.12. The summed E-state index contributed by atoms with van der Waals surface area (Å²) in [6.07, 6.45) is 0. The molecule has 5 N–H and O–H groups in total. The first kappa shape index (κ1) is 23.7. The highest BCUT2D eigenvalue weighted by Crippen LogP contribution is 2.31. The molecule has 4 rings (SSSR count). The zero-order valence-corrected chi connectivity index (χ0v) is 19.6. The molecular formula is C21H17Cl2N9O3. The van der Waals surface area contributed by atoms with Crippen molar-refractivity contribution in [3.8, 4) is 17.1 Å². The largest absolute Gasteiger partial charge is 0.378 e. The fourth-order valence-corrected chi connectivity index (χ4v) is 3.34. The minimum Gasteiger partial charge on any atom is -0.378 e. The monoisotopic (exact) mass is 513 g/mol. The summed E-state index contributed by atoms with van der Waals surface area (Å²) in [5.41, 5.74) is 13.4. The number of carbonyl (C=O) groups excluding carboxylic acids is 2. The smallest absolute Gasteiger partial charge is 0.292 e. The zero-order chi connectivity index (χ0) is 25.1. The Kier molecular flexibility index (Phi) is 6.66. The normalized spacial score (nSPS) is 10.6. The van der Waals surface area contributed by atoms with E-state index in [0.29, 0.717) is 27.5 Å². The lowest BCUT2D eigenvalue weighted by molar-refractivity contribution is -0.114. The van der Waals surface area contributed by atoms with Gasteiger partial charge in [-0.3, -0.25) is 20.4 Å². The zero-order valence-electron chi connectivity index (χ0n) is 18.0. The van der Waals surface area contributed by atoms with Crippen LogP contribution in [0.15, 0.2) is 53.7 Å². The van der Waals surface area contributed by atoms with Gasteiger partial charge in [0.1, 0.15) is 5.69 Å². The molecule has 0 unspecified atom stereocenters. The minimum absolute atomic E-state index is 0.0363. The third-order valence-electron chi connectivity index (χ3n) is 4.66. The number of hydrogen-bond acceptors (Lipinski definition) is 9. The summed E-state index contributed by atoms with van der Waals surface area (Å²) < 4.78 is 5.86. The molecule has 0 radical (unpaired) electrons. The van der Waals surface area contributed by atoms with Crippen molar-refractivity contribution in [2.45, 2.75) is 6.92 Å². The highest BCUT2D eigenvalue weighted by molar-refractivity contribution is 6.42. The van der Waals surface area contributed by atoms with Gasteiger partial charge in [0, 0.05) is 18.2 Å². The highest BCUT2D eigenvalue weighted by Gasteiger charge is 2.25. The molecule has 0 atom stereocenters. The van der Waals surface area contributed by atoms with E-state index < -0.39 is 5.91 Å². The van der Waals surface area contributed by atoms with Crippen LogP contribution < -0.4 is 21.9 Å². The number of amides is 2. The van der Waals surface area contributed by atoms with E-state index in [9.17, 15) is 9.59 Å². The van der Waals surface area contributed by atoms with Gasteiger partial charge in [0.25, 0.3) is 5.91 Å². The molecule has 0 fully saturated rings. The number of anilines is 2. The summed E-state index contributed by atoms with van der Waals surface area (Å²) in [5, 5.41) is 18.5. The van der Waals surface area contributed by atoms with Gasteiger partial charge in [0.2, 0.25) is 17.5 Å². The van der Waals surface area contributed by atoms with Crippen molar-refractivity contribution in [1.29, 1.82) is 0 Å². The molecule has 0 aliphatic rings. The van der Waals surface area contributed by atoms with Gasteiger partial charge in [-0.25, -0.2) is 4.63 Å². The van der Waals surface area contributed by atoms with E-state index in [1.807, 2.05) is 0 Å². The number of nitrogens with one attached hydrogen (secondary N) is 3. The van der Waals surface area contributed by atoms with Crippen molar-refractivity contribution in [3.05, 3.63) is 70.3 Å². The lowest BCUT2D eigenvalue weighted by atomic mass is 10.1. The van der Waals surface area contributed by atoms with E-state index in [1.54, 1.807) is 42.5 Å². The summed E-state index contributed by atoms with van der Waals surface area (Å²) in [4.78, 5) is 24.2. The maximum atomic E-state index is 13.0. The van der Waals surface area contributed by atoms with E-state index in [-0.39, 0.29) is 34.0 Å². The highest BCUT2D eigenvalue weighted by atomic mass is 35.5. The fraction of sp³-hybridized carbons (Fsp3) is 0.0476. The molecule has 35 heavy (non-hydrogen) atoms. The summed E-state index contributed by atoms with van der Waals surface area (Å²) >= 11 is 12.2. The van der Waals surface area contributed by atoms with Gasteiger partial charge in [0.15, 0.2) is 5.69 Å². The van der Waals surface area contributed by atoms with E-state index in [1.165, 1.54) is 11.6 Å². The Balaban J connectivity index is 1.59. The van der Waals surface area contributed by atoms with Crippen molar-refractivity contribution in [2.75, 3.05) is 11.1 Å². The Morgan fingerprint density at radius 2 is 1.80 bits per heavy atom. The molecule has 2 aromatic heterocycles. The van der Waals surface area contributed by atoms with Gasteiger partial charge in [-0.2, -0.15) is 4.68 Å². The molecule has 0 bridgehead atoms. The molecule has 2 amide bonds. The van der Waals surface area contributed by atoms with Crippen LogP contribution >= 0.6 is 23.2 Å². The summed E-state index contributed by atoms with van der Waals surface area (Å²) in [7, 11) is 0. The van der Waals surface area contributed by atoms with Crippen LogP contribution in [0.2, 0.25) is 10.0 Å². The van der Waals surface area contributed by atoms with E-state index in [2.05, 4.69) is 48.0 Å². The first-order chi connectivity index (χ1) is 16.7. The third-order valence-corrected chi connectivity index (χ3v) is 5.39. The summed E-state index contributed by atoms with van der Waals surface area (Å²) in [5.74, 6) is -0.842. The van der Waals surface area contributed by atoms with E-state index >= 15 is 0 Å². The predicted molar refractivity (Wildman–Crippen MR) is 129 cm³/mol. The molecule has 0 aliphatic heterocycles. The number of aromatic nitrogens is 5. The Bertz CT molecular complexity index is 1430. The van der Waals surface area contributed by atoms with Crippen LogP contribution in [0.1, 0.15) is 23.0 Å². The molecule has 0 aliphatic carbocycles. The number of hydrogen-bond donors (Lipinski definition) is 4. The van der Waals surface area contributed by atoms with Crippen LogP contribution in [0.3, 0.4) is 0 Å². The molecule has 14 heteroatoms. The Morgan fingerprint density at radius 3 is 2.43 bits per heavy atom. The molecule has 4 aromatic rings. The van der Waals surface area contributed by atoms with Gasteiger partial charge in [0.05, 0.1) is 15.7 Å². The van der Waals surface area contributed by atoms with Crippen LogP contribution in [-0.2, 0) is 4.79 Å². The maximum Gasteiger partial charge on any atom is 0.292 e. The quantitative estimate of drug-likeness (QED) is 0.271. The second-order valence-corrected chi connectivity index (χ2v) is 7.93. The first-order valence-corrected chi connectivity index (χ1v) is 10.6. The Hall–Kier alpha value is -4.42. The van der Waals surface area contributed by atoms with Crippen molar-refractivity contribution in [2.24, 2.45) is 0 Å². The standard InChI is InChI=1S/C21H17Cl2N9O3/c1-10(12-3-6-14(7-4-12)25-11(2)33)26-28-21(34)17-18(13-5-8-15(22)16(23)9-13)32(31-27-17)20-19(24)29-35-30-20/h3-9,26H,1H2,2H3,(H2,24,29)(H,25,33)(H,28,34). The van der Waals surface area contributed by atoms with Crippen molar-refractivity contribution >= 4 is 52.2 Å². The number of hydrazine groups is 1. The number of rotatable bonds is 7. The van der Waals surface area contributed by atoms with Gasteiger partial charge >= 0.3 is 0 Å². The van der Waals surface area contributed by atoms with E-state index in [0.717, 1.165) is 0 Å². The lowest BCUT2D eigenvalue weighted by Gasteiger charge is -2.12. The third kappa shape index (κ3) is 5.08. The minimum atomic E-state index is -0.636. The van der Waals surface area contributed by atoms with Gasteiger partial charge in [-0.05, 0) is 40.1 Å². The summed E-state index contributed by atoms with van der Waals surface area (Å²) in [6.45, 7) is 5.32. The van der Waals surface area contributed by atoms with Crippen LogP contribution in [-0.4, -0.2) is 37.1 Å². The molecule has 0 saturated heterocycles. The lowest BCUT2D eigenvalue weighted by Crippen LogP contribution is -2.36. The van der Waals surface area contributed by atoms with Gasteiger partial charge in [-0.15, -0.1) is 5.10 Å². The molecule has 2 heterocycles. The van der Waals surface area contributed by atoms with Crippen LogP contribution in [0.5, 0.6) is 0 Å². The second kappa shape index (κ2) is 9.83. The van der Waals surface area contributed by atoms with Crippen molar-refractivity contribution < 1.29 is 14.2 Å². The summed E-state index contributed by atoms with van der Waals surface area (Å²) in [6, 6.07) is 11.6. The number of nitrogens with zero attached hydrogens (tertiary/aromatic N) is 5. The molecule has 0 saturated carbocycles. The first-order valence-electron chi connectivity index (χ1n) is 9.87. The number of benzene rings is 2. The molecule has 2 aromatic carbocycles.